The molecule has 28 heteroatoms. The standard InChI is InChI=1S/C18H15N2.C16H12N2O.C15H10N.C14H12N2.C13H12N8.C11H6F2N.C11H8N.C5H8O2.6Ir/c1-18(2)16-7-4-3-6-14(16)15-9-8-13(12-17(15)18)20-11-5-10-19-20;1-17-9-10-18(11-17)14-7-4-6-13-12-5-2-3-8-15(12)19-16(13)14;1-2-6-12(7-3-1)15-10-13-8-4-5-9-14(13)11-16-15;1-15-11-16(12-7-3-2-4-8-12)14-10-6-5-9-13(14)15;1-5-14-18(9-1)13(19-10-2-6-15-19,20-11-3-7-16-20)21-12-4-8-17-21;12-8-4-5-9(10(13)7-8)11-3-1-2-6-14-11;1-2-6-10(7-3-1)11-8-4-5-9-12-11;1-4(6)3-5(2)7;;;;;;/h3-7,9-12H,1-2H3;2-6,8-11H,1H3;1-6,8-11H;2-7,9-11H,1H3;1-12H;1-4,6-7H;1-6,8-9H;3,6H,1-2H3;;;;;;/q-1;-2;-1;-2;;2*-1;;;;;;;. The molecule has 0 saturated carbocycles. The molecule has 0 spiro atoms. The molecule has 1 N–H and O–H groups in total. The molecule has 0 unspecified atom stereocenters. The molecule has 0 saturated heterocycles. The minimum atomic E-state index is -0.986. The fourth-order valence-corrected chi connectivity index (χ4v) is 14.3. The molecule has 2 aliphatic heterocycles. The van der Waals surface area contributed by atoms with Gasteiger partial charge in [0.2, 0.25) is 0 Å². The Morgan fingerprint density at radius 2 is 1.02 bits per heavy atom. The van der Waals surface area contributed by atoms with Crippen molar-refractivity contribution >= 4 is 61.2 Å². The number of hydrogen-bond acceptors (Lipinski definition) is 15. The topological polar surface area (TPSA) is 191 Å². The van der Waals surface area contributed by atoms with Crippen LogP contribution in [0.2, 0.25) is 0 Å². The Morgan fingerprint density at radius 3 is 1.57 bits per heavy atom. The first-order chi connectivity index (χ1) is 61.1. The Hall–Kier alpha value is -12.3. The number of aromatic nitrogens is 13. The fraction of sp³-hybridized carbons (Fsp3) is 0.0777. The van der Waals surface area contributed by atoms with E-state index in [2.05, 4.69) is 205 Å². The second-order valence-corrected chi connectivity index (χ2v) is 29.0. The number of hydrogen-bond donors (Lipinski definition) is 1. The SMILES string of the molecule is CC(=O)C=C(C)O.CC1(C)c2ccccc2-c2c[c-]c(-n3cccn3)cc21.CN1C=CN(c2[c-]ccc3c2oc2ccccc23)[CH-]1.CN1[CH-]N(c2[c-]cccc2)c2ccccc21.Fc1c[c-]c(-c2ccccn2)c(F)c1.[Ir].[Ir].[Ir].[Ir].[Ir].[Ir].[c-]1ccccc1-c1cc2ccccc2cn1.[c-]1ccccc1-c1ccccn1.c1cnn(C(n2cccn2)(n2cccn2)n2cccn2)c1. The summed E-state index contributed by atoms with van der Waals surface area (Å²) < 4.78 is 40.6. The number of carbonyl (C=O) groups is 1. The number of halogens is 2. The van der Waals surface area contributed by atoms with E-state index in [-0.39, 0.29) is 143 Å². The number of rotatable bonds is 11. The molecule has 1 aliphatic carbocycles. The van der Waals surface area contributed by atoms with Gasteiger partial charge < -0.3 is 44.1 Å². The number of anilines is 4. The van der Waals surface area contributed by atoms with E-state index < -0.39 is 17.5 Å². The van der Waals surface area contributed by atoms with E-state index in [9.17, 15) is 13.6 Å². The second-order valence-electron chi connectivity index (χ2n) is 29.0. The third-order valence-electron chi connectivity index (χ3n) is 20.1. The molecular formula is C103H83F2Ir6N17O3-8. The number of para-hydroxylation sites is 4. The zero-order valence-corrected chi connectivity index (χ0v) is 85.4. The maximum atomic E-state index is 13.2. The molecule has 19 aromatic rings. The zero-order valence-electron chi connectivity index (χ0n) is 71.1. The van der Waals surface area contributed by atoms with Gasteiger partial charge in [0.1, 0.15) is 5.58 Å². The Kier molecular flexibility index (Phi) is 38.4. The largest absolute Gasteiger partial charge is 0.514 e. The minimum Gasteiger partial charge on any atom is -0.514 e. The predicted molar refractivity (Wildman–Crippen MR) is 486 cm³/mol. The van der Waals surface area contributed by atoms with Gasteiger partial charge in [-0.2, -0.15) is 99.5 Å². The van der Waals surface area contributed by atoms with Crippen LogP contribution in [0.5, 0.6) is 0 Å². The van der Waals surface area contributed by atoms with Gasteiger partial charge in [0.05, 0.1) is 5.76 Å². The number of benzene rings is 10. The van der Waals surface area contributed by atoms with E-state index >= 15 is 0 Å². The molecule has 0 fully saturated rings. The summed E-state index contributed by atoms with van der Waals surface area (Å²) in [4.78, 5) is 30.9. The number of allylic oxidation sites excluding steroid dienone is 2. The van der Waals surface area contributed by atoms with Crippen molar-refractivity contribution in [2.45, 2.75) is 39.0 Å². The van der Waals surface area contributed by atoms with E-state index in [1.807, 2.05) is 236 Å². The van der Waals surface area contributed by atoms with E-state index in [1.165, 1.54) is 64.3 Å². The Bertz CT molecular complexity index is 6570. The van der Waals surface area contributed by atoms with E-state index in [0.717, 1.165) is 73.6 Å². The number of fused-ring (bicyclic) bond motifs is 8. The smallest absolute Gasteiger partial charge is 0.354 e. The van der Waals surface area contributed by atoms with Crippen LogP contribution >= 0.6 is 0 Å². The molecule has 6 radical (unpaired) electrons. The molecule has 10 aromatic carbocycles. The van der Waals surface area contributed by atoms with Gasteiger partial charge in [0.25, 0.3) is 0 Å². The normalized spacial score (nSPS) is 11.9. The van der Waals surface area contributed by atoms with Crippen molar-refractivity contribution in [1.82, 2.24) is 68.8 Å². The average Bonchev–Trinajstić information content (AvgIpc) is 1.59. The number of aliphatic hydroxyl groups is 1. The van der Waals surface area contributed by atoms with Crippen LogP contribution < -0.4 is 14.7 Å². The summed E-state index contributed by atoms with van der Waals surface area (Å²) in [5.74, 6) is -2.33. The third-order valence-corrected chi connectivity index (χ3v) is 20.1. The van der Waals surface area contributed by atoms with Crippen molar-refractivity contribution in [3.05, 3.63) is 456 Å². The third kappa shape index (κ3) is 24.7. The van der Waals surface area contributed by atoms with Crippen molar-refractivity contribution < 1.29 is 144 Å². The number of pyridine rings is 3. The number of aliphatic hydroxyl groups excluding tert-OH is 1. The summed E-state index contributed by atoms with van der Waals surface area (Å²) in [6, 6.07) is 108. The maximum Gasteiger partial charge on any atom is 0.354 e. The van der Waals surface area contributed by atoms with Gasteiger partial charge >= 0.3 is 5.91 Å². The predicted octanol–water partition coefficient (Wildman–Crippen LogP) is 21.7. The first-order valence-corrected chi connectivity index (χ1v) is 39.9. The number of nitrogens with zero attached hydrogens (tertiary/aromatic N) is 17. The number of ketones is 1. The van der Waals surface area contributed by atoms with Gasteiger partial charge in [-0.15, -0.1) is 107 Å². The molecular weight excluding hydrogens is 2710 g/mol. The molecule has 20 nitrogen and oxygen atoms in total. The average molecular weight is 2800 g/mol. The van der Waals surface area contributed by atoms with Gasteiger partial charge in [0, 0.05) is 241 Å². The van der Waals surface area contributed by atoms with Crippen LogP contribution in [0.25, 0.3) is 83.3 Å². The van der Waals surface area contributed by atoms with Crippen LogP contribution in [0.1, 0.15) is 38.8 Å². The molecule has 22 rings (SSSR count). The summed E-state index contributed by atoms with van der Waals surface area (Å²) in [5.41, 5.74) is 17.3. The van der Waals surface area contributed by atoms with Gasteiger partial charge in [0.15, 0.2) is 5.78 Å². The van der Waals surface area contributed by atoms with Crippen LogP contribution in [0.15, 0.2) is 388 Å². The summed E-state index contributed by atoms with van der Waals surface area (Å²) >= 11 is 0. The minimum absolute atomic E-state index is 0. The Labute approximate surface area is 840 Å². The van der Waals surface area contributed by atoms with Crippen LogP contribution in [-0.2, 0) is 137 Å². The zero-order chi connectivity index (χ0) is 86.5. The van der Waals surface area contributed by atoms with Gasteiger partial charge in [-0.25, -0.2) is 18.7 Å². The summed E-state index contributed by atoms with van der Waals surface area (Å²) in [5, 5.41) is 34.9. The summed E-state index contributed by atoms with van der Waals surface area (Å²) in [6.07, 6.45) is 28.4. The van der Waals surface area contributed by atoms with Crippen molar-refractivity contribution in [2.75, 3.05) is 28.8 Å². The molecule has 0 bridgehead atoms. The molecule has 0 atom stereocenters. The molecule has 131 heavy (non-hydrogen) atoms. The fourth-order valence-electron chi connectivity index (χ4n) is 14.3. The van der Waals surface area contributed by atoms with Crippen molar-refractivity contribution in [2.24, 2.45) is 0 Å². The molecule has 674 valence electrons. The van der Waals surface area contributed by atoms with E-state index in [4.69, 9.17) is 9.52 Å². The van der Waals surface area contributed by atoms with Gasteiger partial charge in [-0.05, 0) is 146 Å². The molecule has 9 aromatic heterocycles. The van der Waals surface area contributed by atoms with Crippen LogP contribution in [-0.4, -0.2) is 93.7 Å². The second kappa shape index (κ2) is 49.1. The number of furan rings is 1. The summed E-state index contributed by atoms with van der Waals surface area (Å²) in [7, 11) is 4.05. The van der Waals surface area contributed by atoms with Gasteiger partial charge in [-0.1, -0.05) is 151 Å². The maximum absolute atomic E-state index is 13.2. The van der Waals surface area contributed by atoms with E-state index in [0.29, 0.717) is 5.69 Å². The van der Waals surface area contributed by atoms with Gasteiger partial charge in [-0.3, -0.25) is 18.3 Å². The van der Waals surface area contributed by atoms with Crippen LogP contribution in [0.3, 0.4) is 0 Å². The Balaban J connectivity index is 0.000000170. The van der Waals surface area contributed by atoms with Crippen LogP contribution in [0.4, 0.5) is 31.5 Å². The Morgan fingerprint density at radius 1 is 0.466 bits per heavy atom. The van der Waals surface area contributed by atoms with E-state index in [1.54, 1.807) is 80.3 Å². The van der Waals surface area contributed by atoms with Crippen molar-refractivity contribution in [1.29, 1.82) is 0 Å². The quantitative estimate of drug-likeness (QED) is 0.0730. The van der Waals surface area contributed by atoms with Crippen molar-refractivity contribution in [3.63, 3.8) is 0 Å². The molecule has 0 amide bonds. The van der Waals surface area contributed by atoms with Crippen molar-refractivity contribution in [3.8, 4) is 50.6 Å². The summed E-state index contributed by atoms with van der Waals surface area (Å²) in [6.45, 7) is 11.5. The first-order valence-electron chi connectivity index (χ1n) is 39.9. The molecule has 11 heterocycles. The molecule has 3 aliphatic rings. The van der Waals surface area contributed by atoms with Crippen LogP contribution in [0, 0.1) is 61.4 Å². The monoisotopic (exact) mass is 2800 g/mol. The number of carbonyl (C=O) groups excluding carboxylic acids is 1. The first kappa shape index (κ1) is 102.